The fourth-order valence-electron chi connectivity index (χ4n) is 2.63. The maximum absolute atomic E-state index is 12.6. The van der Waals surface area contributed by atoms with Gasteiger partial charge in [0.25, 0.3) is 0 Å². The number of hydrogen-bond donors (Lipinski definition) is 0. The van der Waals surface area contributed by atoms with Gasteiger partial charge in [0.2, 0.25) is 0 Å². The van der Waals surface area contributed by atoms with E-state index < -0.39 is 0 Å². The van der Waals surface area contributed by atoms with Crippen molar-refractivity contribution >= 4 is 28.4 Å². The molecule has 0 aliphatic heterocycles. The number of para-hydroxylation sites is 1. The fourth-order valence-corrected chi connectivity index (χ4v) is 3.29. The van der Waals surface area contributed by atoms with Crippen LogP contribution in [0, 0.1) is 6.92 Å². The van der Waals surface area contributed by atoms with Crippen molar-refractivity contribution < 1.29 is 4.79 Å². The van der Waals surface area contributed by atoms with E-state index in [-0.39, 0.29) is 5.78 Å². The molecule has 3 aromatic rings. The van der Waals surface area contributed by atoms with Crippen molar-refractivity contribution in [1.29, 1.82) is 0 Å². The number of thioether (sulfide) groups is 1. The monoisotopic (exact) mass is 321 g/mol. The number of hydrogen-bond acceptors (Lipinski definition) is 3. The van der Waals surface area contributed by atoms with Gasteiger partial charge in [-0.25, -0.2) is 0 Å². The Balaban J connectivity index is 1.86. The van der Waals surface area contributed by atoms with E-state index in [0.717, 1.165) is 33.5 Å². The lowest BCUT2D eigenvalue weighted by Crippen LogP contribution is -2.04. The van der Waals surface area contributed by atoms with Gasteiger partial charge >= 0.3 is 0 Å². The van der Waals surface area contributed by atoms with Crippen LogP contribution in [0.3, 0.4) is 0 Å². The summed E-state index contributed by atoms with van der Waals surface area (Å²) < 4.78 is 0. The van der Waals surface area contributed by atoms with Crippen LogP contribution in [-0.4, -0.2) is 16.5 Å². The predicted octanol–water partition coefficient (Wildman–Crippen LogP) is 5.08. The molecule has 0 unspecified atom stereocenters. The second kappa shape index (κ2) is 6.97. The van der Waals surface area contributed by atoms with Gasteiger partial charge in [-0.2, -0.15) is 0 Å². The van der Waals surface area contributed by atoms with Gasteiger partial charge in [-0.1, -0.05) is 43.3 Å². The van der Waals surface area contributed by atoms with E-state index in [0.29, 0.717) is 6.42 Å². The topological polar surface area (TPSA) is 30.0 Å². The number of aryl methyl sites for hydroxylation is 1. The highest BCUT2D eigenvalue weighted by atomic mass is 32.2. The third kappa shape index (κ3) is 3.62. The van der Waals surface area contributed by atoms with Crippen molar-refractivity contribution in [3.8, 4) is 0 Å². The Bertz CT molecular complexity index is 840. The van der Waals surface area contributed by atoms with Gasteiger partial charge in [-0.15, -0.1) is 11.8 Å². The van der Waals surface area contributed by atoms with E-state index in [1.165, 1.54) is 4.90 Å². The molecule has 0 aliphatic rings. The average Bonchev–Trinajstić information content (AvgIpc) is 2.56. The molecule has 0 saturated carbocycles. The van der Waals surface area contributed by atoms with Crippen LogP contribution in [0.25, 0.3) is 10.9 Å². The summed E-state index contributed by atoms with van der Waals surface area (Å²) in [5.41, 5.74) is 3.65. The van der Waals surface area contributed by atoms with Crippen LogP contribution in [0.1, 0.15) is 28.5 Å². The summed E-state index contributed by atoms with van der Waals surface area (Å²) in [4.78, 5) is 18.4. The molecule has 0 N–H and O–H groups in total. The second-order valence-electron chi connectivity index (χ2n) is 5.50. The molecule has 0 amide bonds. The molecule has 0 atom stereocenters. The molecule has 2 aromatic carbocycles. The Labute approximate surface area is 140 Å². The van der Waals surface area contributed by atoms with Gasteiger partial charge in [0.15, 0.2) is 5.78 Å². The minimum absolute atomic E-state index is 0.133. The van der Waals surface area contributed by atoms with Crippen molar-refractivity contribution in [3.63, 3.8) is 0 Å². The van der Waals surface area contributed by atoms with Crippen molar-refractivity contribution in [2.45, 2.75) is 25.2 Å². The van der Waals surface area contributed by atoms with Crippen LogP contribution in [-0.2, 0) is 6.42 Å². The molecule has 0 fully saturated rings. The normalized spacial score (nSPS) is 10.9. The lowest BCUT2D eigenvalue weighted by atomic mass is 10.0. The average molecular weight is 321 g/mol. The number of pyridine rings is 1. The smallest absolute Gasteiger partial charge is 0.167 e. The lowest BCUT2D eigenvalue weighted by molar-refractivity contribution is 0.0993. The van der Waals surface area contributed by atoms with Gasteiger partial charge in [0.05, 0.1) is 5.52 Å². The number of aromatic nitrogens is 1. The number of ketones is 1. The lowest BCUT2D eigenvalue weighted by Gasteiger charge is -2.07. The molecule has 2 nitrogen and oxygen atoms in total. The van der Waals surface area contributed by atoms with Crippen LogP contribution in [0.5, 0.6) is 0 Å². The highest BCUT2D eigenvalue weighted by Crippen LogP contribution is 2.21. The van der Waals surface area contributed by atoms with Crippen molar-refractivity contribution in [1.82, 2.24) is 4.98 Å². The summed E-state index contributed by atoms with van der Waals surface area (Å²) in [5.74, 6) is 1.17. The summed E-state index contributed by atoms with van der Waals surface area (Å²) in [7, 11) is 0. The van der Waals surface area contributed by atoms with Crippen LogP contribution < -0.4 is 0 Å². The predicted molar refractivity (Wildman–Crippen MR) is 97.4 cm³/mol. The molecule has 3 rings (SSSR count). The molecule has 1 heterocycles. The highest BCUT2D eigenvalue weighted by Gasteiger charge is 2.10. The second-order valence-corrected chi connectivity index (χ2v) is 6.84. The Morgan fingerprint density at radius 3 is 2.57 bits per heavy atom. The number of benzene rings is 2. The maximum Gasteiger partial charge on any atom is 0.167 e. The van der Waals surface area contributed by atoms with Gasteiger partial charge in [-0.05, 0) is 36.4 Å². The van der Waals surface area contributed by atoms with E-state index in [4.69, 9.17) is 0 Å². The zero-order chi connectivity index (χ0) is 16.2. The van der Waals surface area contributed by atoms with Gasteiger partial charge in [0, 0.05) is 28.0 Å². The van der Waals surface area contributed by atoms with Gasteiger partial charge in [-0.3, -0.25) is 9.78 Å². The van der Waals surface area contributed by atoms with Gasteiger partial charge < -0.3 is 0 Å². The summed E-state index contributed by atoms with van der Waals surface area (Å²) in [6.07, 6.45) is 0.383. The van der Waals surface area contributed by atoms with E-state index in [2.05, 4.69) is 18.0 Å². The van der Waals surface area contributed by atoms with Gasteiger partial charge in [0.1, 0.15) is 0 Å². The number of carbonyl (C=O) groups excluding carboxylic acids is 1. The quantitative estimate of drug-likeness (QED) is 0.485. The number of fused-ring (bicyclic) bond motifs is 1. The minimum Gasteiger partial charge on any atom is -0.294 e. The van der Waals surface area contributed by atoms with Crippen molar-refractivity contribution in [2.24, 2.45) is 0 Å². The number of carbonyl (C=O) groups is 1. The Morgan fingerprint density at radius 1 is 1.04 bits per heavy atom. The molecule has 23 heavy (non-hydrogen) atoms. The Kier molecular flexibility index (Phi) is 4.77. The first-order valence-corrected chi connectivity index (χ1v) is 8.77. The van der Waals surface area contributed by atoms with E-state index in [1.54, 1.807) is 11.8 Å². The van der Waals surface area contributed by atoms with Crippen LogP contribution in [0.4, 0.5) is 0 Å². The number of rotatable bonds is 5. The largest absolute Gasteiger partial charge is 0.294 e. The number of nitrogens with zero attached hydrogens (tertiary/aromatic N) is 1. The summed E-state index contributed by atoms with van der Waals surface area (Å²) in [6, 6.07) is 18.0. The first-order chi connectivity index (χ1) is 11.2. The first-order valence-electron chi connectivity index (χ1n) is 7.78. The van der Waals surface area contributed by atoms with Crippen LogP contribution in [0.2, 0.25) is 0 Å². The standard InChI is InChI=1S/C20H19NOS/c1-3-23-18-11-9-15(10-12-18)19(22)13-17-6-4-5-16-8-7-14(2)21-20(16)17/h4-12H,3,13H2,1-2H3. The molecule has 0 aliphatic carbocycles. The summed E-state index contributed by atoms with van der Waals surface area (Å²) in [6.45, 7) is 4.10. The fraction of sp³-hybridized carbons (Fsp3) is 0.200. The van der Waals surface area contributed by atoms with Crippen LogP contribution >= 0.6 is 11.8 Å². The summed E-state index contributed by atoms with van der Waals surface area (Å²) in [5, 5.41) is 1.08. The minimum atomic E-state index is 0.133. The Hall–Kier alpha value is -2.13. The third-order valence-electron chi connectivity index (χ3n) is 3.78. The maximum atomic E-state index is 12.6. The third-order valence-corrected chi connectivity index (χ3v) is 4.68. The molecule has 0 saturated heterocycles. The molecular formula is C20H19NOS. The Morgan fingerprint density at radius 2 is 1.83 bits per heavy atom. The molecule has 3 heteroatoms. The van der Waals surface area contributed by atoms with Crippen molar-refractivity contribution in [2.75, 3.05) is 5.75 Å². The molecule has 1 aromatic heterocycles. The highest BCUT2D eigenvalue weighted by molar-refractivity contribution is 7.99. The first kappa shape index (κ1) is 15.8. The van der Waals surface area contributed by atoms with Crippen molar-refractivity contribution in [3.05, 3.63) is 71.4 Å². The molecular weight excluding hydrogens is 302 g/mol. The van der Waals surface area contributed by atoms with E-state index >= 15 is 0 Å². The SMILES string of the molecule is CCSc1ccc(C(=O)Cc2cccc3ccc(C)nc23)cc1. The molecule has 116 valence electrons. The molecule has 0 bridgehead atoms. The molecule has 0 spiro atoms. The zero-order valence-corrected chi connectivity index (χ0v) is 14.2. The summed E-state index contributed by atoms with van der Waals surface area (Å²) >= 11 is 1.78. The van der Waals surface area contributed by atoms with E-state index in [9.17, 15) is 4.79 Å². The zero-order valence-electron chi connectivity index (χ0n) is 13.4. The van der Waals surface area contributed by atoms with Crippen LogP contribution in [0.15, 0.2) is 59.5 Å². The van der Waals surface area contributed by atoms with E-state index in [1.807, 2.05) is 55.5 Å². The molecule has 0 radical (unpaired) electrons. The number of Topliss-reactive ketones (excluding diaryl/α,β-unsaturated/α-hetero) is 1.